The van der Waals surface area contributed by atoms with Crippen molar-refractivity contribution in [2.75, 3.05) is 38.1 Å². The molecule has 2 aromatic carbocycles. The summed E-state index contributed by atoms with van der Waals surface area (Å²) < 4.78 is 17.2. The molecular formula is C25H24ClFN4OS. The Morgan fingerprint density at radius 2 is 1.85 bits per heavy atom. The Kier molecular flexibility index (Phi) is 5.95. The lowest BCUT2D eigenvalue weighted by Crippen LogP contribution is -2.44. The molecule has 1 fully saturated rings. The maximum atomic E-state index is 15.2. The van der Waals surface area contributed by atoms with Crippen LogP contribution in [0.25, 0.3) is 32.7 Å². The molecule has 0 spiro atoms. The van der Waals surface area contributed by atoms with Crippen LogP contribution in [0.1, 0.15) is 6.92 Å². The summed E-state index contributed by atoms with van der Waals surface area (Å²) in [5, 5.41) is 3.59. The number of pyridine rings is 1. The number of likely N-dealkylation sites (N-methyl/N-ethyl adjacent to an activating group) is 1. The molecule has 3 heterocycles. The third-order valence-electron chi connectivity index (χ3n) is 6.21. The number of halogens is 2. The van der Waals surface area contributed by atoms with Crippen molar-refractivity contribution in [3.05, 3.63) is 69.0 Å². The molecule has 5 nitrogen and oxygen atoms in total. The molecule has 0 amide bonds. The Morgan fingerprint density at radius 1 is 1.12 bits per heavy atom. The number of nitrogens with zero attached hydrogens (tertiary/aromatic N) is 4. The van der Waals surface area contributed by atoms with Crippen molar-refractivity contribution in [3.63, 3.8) is 0 Å². The molecule has 0 saturated carbocycles. The zero-order valence-corrected chi connectivity index (χ0v) is 20.1. The van der Waals surface area contributed by atoms with Gasteiger partial charge in [-0.15, -0.1) is 11.3 Å². The van der Waals surface area contributed by atoms with Crippen LogP contribution in [0.5, 0.6) is 0 Å². The molecule has 0 radical (unpaired) electrons. The second kappa shape index (κ2) is 8.89. The van der Waals surface area contributed by atoms with E-state index in [1.165, 1.54) is 17.4 Å². The van der Waals surface area contributed by atoms with Gasteiger partial charge in [-0.3, -0.25) is 4.79 Å². The second-order valence-electron chi connectivity index (χ2n) is 8.31. The highest BCUT2D eigenvalue weighted by Crippen LogP contribution is 2.31. The quantitative estimate of drug-likeness (QED) is 0.393. The summed E-state index contributed by atoms with van der Waals surface area (Å²) in [5.74, 6) is -0.357. The first-order valence-corrected chi connectivity index (χ1v) is 12.2. The van der Waals surface area contributed by atoms with E-state index in [0.29, 0.717) is 33.2 Å². The van der Waals surface area contributed by atoms with E-state index in [0.717, 1.165) is 43.0 Å². The fourth-order valence-corrected chi connectivity index (χ4v) is 5.22. The molecule has 0 N–H and O–H groups in total. The Labute approximate surface area is 200 Å². The van der Waals surface area contributed by atoms with Crippen molar-refractivity contribution in [2.24, 2.45) is 0 Å². The van der Waals surface area contributed by atoms with Crippen molar-refractivity contribution < 1.29 is 4.39 Å². The van der Waals surface area contributed by atoms with E-state index in [1.807, 2.05) is 53.4 Å². The Balaban J connectivity index is 1.59. The number of rotatable bonds is 4. The highest BCUT2D eigenvalue weighted by molar-refractivity contribution is 7.13. The highest BCUT2D eigenvalue weighted by atomic mass is 35.5. The highest BCUT2D eigenvalue weighted by Gasteiger charge is 2.21. The van der Waals surface area contributed by atoms with Gasteiger partial charge in [-0.1, -0.05) is 23.7 Å². The lowest BCUT2D eigenvalue weighted by atomic mass is 10.1. The molecule has 1 aliphatic heterocycles. The minimum atomic E-state index is -0.357. The average Bonchev–Trinajstić information content (AvgIpc) is 3.30. The summed E-state index contributed by atoms with van der Waals surface area (Å²) in [6.45, 7) is 5.98. The molecular weight excluding hydrogens is 459 g/mol. The number of aryl methyl sites for hydroxylation is 1. The van der Waals surface area contributed by atoms with Gasteiger partial charge in [0.25, 0.3) is 0 Å². The van der Waals surface area contributed by atoms with Crippen LogP contribution in [0.15, 0.2) is 52.8 Å². The van der Waals surface area contributed by atoms with Gasteiger partial charge in [0.1, 0.15) is 10.8 Å². The number of benzene rings is 2. The van der Waals surface area contributed by atoms with Crippen LogP contribution in [0.4, 0.5) is 10.1 Å². The van der Waals surface area contributed by atoms with E-state index < -0.39 is 0 Å². The number of hydrogen-bond donors (Lipinski definition) is 0. The van der Waals surface area contributed by atoms with Crippen LogP contribution in [0.2, 0.25) is 5.02 Å². The summed E-state index contributed by atoms with van der Waals surface area (Å²) in [6.07, 6.45) is 1.85. The number of piperazine rings is 1. The first kappa shape index (κ1) is 22.1. The normalized spacial score (nSPS) is 14.8. The fourth-order valence-electron chi connectivity index (χ4n) is 4.25. The van der Waals surface area contributed by atoms with E-state index in [-0.39, 0.29) is 11.2 Å². The summed E-state index contributed by atoms with van der Waals surface area (Å²) >= 11 is 7.40. The predicted octanol–water partition coefficient (Wildman–Crippen LogP) is 5.36. The zero-order chi connectivity index (χ0) is 23.1. The molecule has 1 aliphatic rings. The Morgan fingerprint density at radius 3 is 2.55 bits per heavy atom. The maximum absolute atomic E-state index is 15.2. The number of anilines is 1. The zero-order valence-electron chi connectivity index (χ0n) is 18.5. The lowest BCUT2D eigenvalue weighted by molar-refractivity contribution is 0.312. The van der Waals surface area contributed by atoms with E-state index >= 15 is 4.39 Å². The molecule has 5 rings (SSSR count). The molecule has 170 valence electrons. The first-order chi connectivity index (χ1) is 15.9. The van der Waals surface area contributed by atoms with Crippen molar-refractivity contribution in [2.45, 2.75) is 13.5 Å². The molecule has 2 aromatic heterocycles. The Hall–Kier alpha value is -2.74. The van der Waals surface area contributed by atoms with Gasteiger partial charge in [-0.2, -0.15) is 0 Å². The monoisotopic (exact) mass is 482 g/mol. The summed E-state index contributed by atoms with van der Waals surface area (Å²) in [7, 11) is 2.07. The van der Waals surface area contributed by atoms with Crippen molar-refractivity contribution >= 4 is 39.5 Å². The standard InChI is InChI=1S/C25H24ClFN4OS/c1-3-30-14-19(25-28-21(15-33-25)16-4-6-17(26)7-5-16)24(32)18-12-20(27)23(13-22(18)30)31-10-8-29(2)9-11-31/h4-7,12-15H,3,8-11H2,1-2H3. The topological polar surface area (TPSA) is 41.4 Å². The van der Waals surface area contributed by atoms with Crippen LogP contribution in [-0.2, 0) is 6.54 Å². The van der Waals surface area contributed by atoms with Gasteiger partial charge in [0.2, 0.25) is 0 Å². The first-order valence-electron chi connectivity index (χ1n) is 11.0. The summed E-state index contributed by atoms with van der Waals surface area (Å²) in [6, 6.07) is 10.7. The molecule has 33 heavy (non-hydrogen) atoms. The van der Waals surface area contributed by atoms with Crippen LogP contribution in [0, 0.1) is 5.82 Å². The van der Waals surface area contributed by atoms with Crippen LogP contribution >= 0.6 is 22.9 Å². The van der Waals surface area contributed by atoms with Crippen LogP contribution in [0.3, 0.4) is 0 Å². The van der Waals surface area contributed by atoms with E-state index in [4.69, 9.17) is 16.6 Å². The molecule has 1 saturated heterocycles. The molecule has 4 aromatic rings. The molecule has 0 atom stereocenters. The number of thiazole rings is 1. The molecule has 0 aliphatic carbocycles. The maximum Gasteiger partial charge on any atom is 0.199 e. The van der Waals surface area contributed by atoms with Gasteiger partial charge in [-0.05, 0) is 38.2 Å². The smallest absolute Gasteiger partial charge is 0.199 e. The van der Waals surface area contributed by atoms with Gasteiger partial charge in [0.05, 0.1) is 22.5 Å². The molecule has 0 unspecified atom stereocenters. The number of aromatic nitrogens is 2. The summed E-state index contributed by atoms with van der Waals surface area (Å²) in [5.41, 5.74) is 3.31. The third kappa shape index (κ3) is 4.16. The van der Waals surface area contributed by atoms with Gasteiger partial charge in [-0.25, -0.2) is 9.37 Å². The van der Waals surface area contributed by atoms with E-state index in [1.54, 1.807) is 0 Å². The predicted molar refractivity (Wildman–Crippen MR) is 135 cm³/mol. The van der Waals surface area contributed by atoms with E-state index in [2.05, 4.69) is 16.8 Å². The molecule has 0 bridgehead atoms. The SMILES string of the molecule is CCn1cc(-c2nc(-c3ccc(Cl)cc3)cs2)c(=O)c2cc(F)c(N3CCN(C)CC3)cc21. The largest absolute Gasteiger partial charge is 0.367 e. The molecule has 8 heteroatoms. The third-order valence-corrected chi connectivity index (χ3v) is 7.34. The number of hydrogen-bond acceptors (Lipinski definition) is 5. The average molecular weight is 483 g/mol. The second-order valence-corrected chi connectivity index (χ2v) is 9.61. The minimum Gasteiger partial charge on any atom is -0.367 e. The van der Waals surface area contributed by atoms with Gasteiger partial charge >= 0.3 is 0 Å². The van der Waals surface area contributed by atoms with Crippen LogP contribution < -0.4 is 10.3 Å². The van der Waals surface area contributed by atoms with Gasteiger partial charge in [0, 0.05) is 60.3 Å². The number of fused-ring (bicyclic) bond motifs is 1. The summed E-state index contributed by atoms with van der Waals surface area (Å²) in [4.78, 5) is 22.4. The Bertz CT molecular complexity index is 1370. The lowest BCUT2D eigenvalue weighted by Gasteiger charge is -2.34. The van der Waals surface area contributed by atoms with Crippen LogP contribution in [-0.4, -0.2) is 47.7 Å². The van der Waals surface area contributed by atoms with Crippen molar-refractivity contribution in [1.82, 2.24) is 14.5 Å². The van der Waals surface area contributed by atoms with Gasteiger partial charge < -0.3 is 14.4 Å². The fraction of sp³-hybridized carbons (Fsp3) is 0.280. The van der Waals surface area contributed by atoms with Crippen molar-refractivity contribution in [1.29, 1.82) is 0 Å². The van der Waals surface area contributed by atoms with Gasteiger partial charge in [0.15, 0.2) is 5.43 Å². The van der Waals surface area contributed by atoms with Crippen molar-refractivity contribution in [3.8, 4) is 21.8 Å². The minimum absolute atomic E-state index is 0.199. The van der Waals surface area contributed by atoms with E-state index in [9.17, 15) is 4.79 Å².